The summed E-state index contributed by atoms with van der Waals surface area (Å²) in [6.07, 6.45) is 1.65. The summed E-state index contributed by atoms with van der Waals surface area (Å²) in [7, 11) is 0. The van der Waals surface area contributed by atoms with E-state index in [1.807, 2.05) is 25.1 Å². The fourth-order valence-corrected chi connectivity index (χ4v) is 2.95. The maximum absolute atomic E-state index is 9.30. The minimum Gasteiger partial charge on any atom is -0.492 e. The van der Waals surface area contributed by atoms with Crippen LogP contribution in [0.25, 0.3) is 0 Å². The Morgan fingerprint density at radius 2 is 2.32 bits per heavy atom. The van der Waals surface area contributed by atoms with E-state index >= 15 is 0 Å². The van der Waals surface area contributed by atoms with Gasteiger partial charge in [0.05, 0.1) is 19.7 Å². The first-order chi connectivity index (χ1) is 12.2. The molecule has 1 heterocycles. The van der Waals surface area contributed by atoms with Crippen molar-refractivity contribution in [3.05, 3.63) is 29.3 Å². The van der Waals surface area contributed by atoms with Crippen molar-refractivity contribution >= 4 is 17.6 Å². The number of hydrogen-bond donors (Lipinski definition) is 3. The molecule has 1 saturated heterocycles. The Bertz CT molecular complexity index is 548. The standard InChI is InChI=1S/C18H28ClN3O3/c1-2-20-17(22-13-18(6-9-23)7-10-24-14-18)21-8-11-25-16-5-3-4-15(19)12-16/h3-5,12,23H,2,6-11,13-14H2,1H3,(H2,20,21,22). The lowest BCUT2D eigenvalue weighted by Crippen LogP contribution is -2.40. The summed E-state index contributed by atoms with van der Waals surface area (Å²) in [5.74, 6) is 1.50. The molecule has 0 radical (unpaired) electrons. The molecule has 0 saturated carbocycles. The molecule has 1 aliphatic heterocycles. The SMILES string of the molecule is CCNC(=NCC1(CCO)CCOC1)NCCOc1cccc(Cl)c1. The molecule has 0 aliphatic carbocycles. The van der Waals surface area contributed by atoms with Crippen molar-refractivity contribution in [1.82, 2.24) is 10.6 Å². The van der Waals surface area contributed by atoms with Crippen LogP contribution in [0.4, 0.5) is 0 Å². The molecule has 1 atom stereocenters. The molecular weight excluding hydrogens is 342 g/mol. The van der Waals surface area contributed by atoms with Crippen molar-refractivity contribution in [3.63, 3.8) is 0 Å². The van der Waals surface area contributed by atoms with Gasteiger partial charge in [-0.15, -0.1) is 0 Å². The van der Waals surface area contributed by atoms with E-state index in [9.17, 15) is 5.11 Å². The maximum atomic E-state index is 9.30. The summed E-state index contributed by atoms with van der Waals surface area (Å²) in [4.78, 5) is 4.67. The molecule has 2 rings (SSSR count). The predicted molar refractivity (Wildman–Crippen MR) is 101 cm³/mol. The number of guanidine groups is 1. The van der Waals surface area contributed by atoms with Gasteiger partial charge in [-0.2, -0.15) is 0 Å². The molecule has 0 amide bonds. The van der Waals surface area contributed by atoms with E-state index < -0.39 is 0 Å². The summed E-state index contributed by atoms with van der Waals surface area (Å²) in [5, 5.41) is 16.5. The molecule has 25 heavy (non-hydrogen) atoms. The van der Waals surface area contributed by atoms with Crippen LogP contribution in [0.2, 0.25) is 5.02 Å². The lowest BCUT2D eigenvalue weighted by molar-refractivity contribution is 0.131. The zero-order valence-corrected chi connectivity index (χ0v) is 15.5. The van der Waals surface area contributed by atoms with Crippen LogP contribution < -0.4 is 15.4 Å². The quantitative estimate of drug-likeness (QED) is 0.353. The van der Waals surface area contributed by atoms with Gasteiger partial charge < -0.3 is 25.2 Å². The van der Waals surface area contributed by atoms with Crippen molar-refractivity contribution in [2.24, 2.45) is 10.4 Å². The van der Waals surface area contributed by atoms with Gasteiger partial charge >= 0.3 is 0 Å². The summed E-state index contributed by atoms with van der Waals surface area (Å²) >= 11 is 5.94. The van der Waals surface area contributed by atoms with Gasteiger partial charge in [-0.1, -0.05) is 17.7 Å². The van der Waals surface area contributed by atoms with Gasteiger partial charge in [0.15, 0.2) is 5.96 Å². The molecule has 140 valence electrons. The average molecular weight is 370 g/mol. The lowest BCUT2D eigenvalue weighted by Gasteiger charge is -2.24. The Morgan fingerprint density at radius 3 is 3.00 bits per heavy atom. The van der Waals surface area contributed by atoms with Crippen LogP contribution in [0.1, 0.15) is 19.8 Å². The molecule has 1 unspecified atom stereocenters. The number of nitrogens with one attached hydrogen (secondary N) is 2. The van der Waals surface area contributed by atoms with Crippen LogP contribution in [0.15, 0.2) is 29.3 Å². The zero-order chi connectivity index (χ0) is 18.0. The monoisotopic (exact) mass is 369 g/mol. The third kappa shape index (κ3) is 6.72. The molecule has 1 aromatic carbocycles. The largest absolute Gasteiger partial charge is 0.492 e. The first kappa shape index (κ1) is 19.8. The Labute approximate surface area is 154 Å². The first-order valence-electron chi connectivity index (χ1n) is 8.76. The smallest absolute Gasteiger partial charge is 0.191 e. The van der Waals surface area contributed by atoms with Crippen molar-refractivity contribution < 1.29 is 14.6 Å². The molecule has 1 fully saturated rings. The number of ether oxygens (including phenoxy) is 2. The molecule has 0 bridgehead atoms. The number of halogens is 1. The Balaban J connectivity index is 1.80. The van der Waals surface area contributed by atoms with E-state index in [0.29, 0.717) is 37.7 Å². The molecular formula is C18H28ClN3O3. The van der Waals surface area contributed by atoms with E-state index in [1.165, 1.54) is 0 Å². The maximum Gasteiger partial charge on any atom is 0.191 e. The highest BCUT2D eigenvalue weighted by Gasteiger charge is 2.34. The second-order valence-corrected chi connectivity index (χ2v) is 6.64. The van der Waals surface area contributed by atoms with Gasteiger partial charge in [0.25, 0.3) is 0 Å². The number of aliphatic hydroxyl groups is 1. The van der Waals surface area contributed by atoms with Gasteiger partial charge in [-0.25, -0.2) is 0 Å². The van der Waals surface area contributed by atoms with Crippen LogP contribution >= 0.6 is 11.6 Å². The number of nitrogens with zero attached hydrogens (tertiary/aromatic N) is 1. The first-order valence-corrected chi connectivity index (χ1v) is 9.14. The van der Waals surface area contributed by atoms with Crippen LogP contribution in [-0.4, -0.2) is 57.1 Å². The van der Waals surface area contributed by atoms with Gasteiger partial charge in [0, 0.05) is 30.2 Å². The van der Waals surface area contributed by atoms with E-state index in [0.717, 1.165) is 31.3 Å². The van der Waals surface area contributed by atoms with Crippen molar-refractivity contribution in [2.75, 3.05) is 46.1 Å². The van der Waals surface area contributed by atoms with Crippen molar-refractivity contribution in [2.45, 2.75) is 19.8 Å². The van der Waals surface area contributed by atoms with Gasteiger partial charge in [0.2, 0.25) is 0 Å². The van der Waals surface area contributed by atoms with E-state index in [4.69, 9.17) is 21.1 Å². The minimum atomic E-state index is -0.0472. The minimum absolute atomic E-state index is 0.0472. The van der Waals surface area contributed by atoms with Crippen LogP contribution in [0, 0.1) is 5.41 Å². The highest BCUT2D eigenvalue weighted by molar-refractivity contribution is 6.30. The Morgan fingerprint density at radius 1 is 1.44 bits per heavy atom. The number of aliphatic hydroxyl groups excluding tert-OH is 1. The highest BCUT2D eigenvalue weighted by atomic mass is 35.5. The third-order valence-corrected chi connectivity index (χ3v) is 4.44. The molecule has 0 aromatic heterocycles. The zero-order valence-electron chi connectivity index (χ0n) is 14.8. The van der Waals surface area contributed by atoms with Gasteiger partial charge in [0.1, 0.15) is 12.4 Å². The van der Waals surface area contributed by atoms with Crippen LogP contribution in [0.5, 0.6) is 5.75 Å². The number of rotatable bonds is 9. The Kier molecular flexibility index (Phi) is 8.31. The summed E-state index contributed by atoms with van der Waals surface area (Å²) in [6, 6.07) is 7.35. The van der Waals surface area contributed by atoms with Crippen LogP contribution in [-0.2, 0) is 4.74 Å². The normalized spacial score (nSPS) is 20.5. The lowest BCUT2D eigenvalue weighted by atomic mass is 9.84. The van der Waals surface area contributed by atoms with Gasteiger partial charge in [-0.05, 0) is 38.0 Å². The predicted octanol–water partition coefficient (Wildman–Crippen LogP) is 2.06. The van der Waals surface area contributed by atoms with E-state index in [-0.39, 0.29) is 12.0 Å². The van der Waals surface area contributed by atoms with Gasteiger partial charge in [-0.3, -0.25) is 4.99 Å². The third-order valence-electron chi connectivity index (χ3n) is 4.20. The van der Waals surface area contributed by atoms with E-state index in [1.54, 1.807) is 6.07 Å². The van der Waals surface area contributed by atoms with Crippen LogP contribution in [0.3, 0.4) is 0 Å². The summed E-state index contributed by atoms with van der Waals surface area (Å²) in [6.45, 7) is 6.15. The fraction of sp³-hybridized carbons (Fsp3) is 0.611. The second-order valence-electron chi connectivity index (χ2n) is 6.20. The second kappa shape index (κ2) is 10.5. The number of hydrogen-bond acceptors (Lipinski definition) is 4. The van der Waals surface area contributed by atoms with Crippen molar-refractivity contribution in [1.29, 1.82) is 0 Å². The summed E-state index contributed by atoms with van der Waals surface area (Å²) < 4.78 is 11.2. The molecule has 0 spiro atoms. The topological polar surface area (TPSA) is 75.1 Å². The molecule has 7 heteroatoms. The molecule has 1 aliphatic rings. The van der Waals surface area contributed by atoms with Crippen molar-refractivity contribution in [3.8, 4) is 5.75 Å². The van der Waals surface area contributed by atoms with E-state index in [2.05, 4.69) is 15.6 Å². The summed E-state index contributed by atoms with van der Waals surface area (Å²) in [5.41, 5.74) is -0.0472. The molecule has 1 aromatic rings. The molecule has 3 N–H and O–H groups in total. The fourth-order valence-electron chi connectivity index (χ4n) is 2.77. The average Bonchev–Trinajstić information content (AvgIpc) is 3.06. The number of aliphatic imine (C=N–C) groups is 1. The highest BCUT2D eigenvalue weighted by Crippen LogP contribution is 2.32. The number of benzene rings is 1. The Hall–Kier alpha value is -1.50. The molecule has 6 nitrogen and oxygen atoms in total.